The summed E-state index contributed by atoms with van der Waals surface area (Å²) in [6.07, 6.45) is 1.61. The molecule has 0 atom stereocenters. The lowest BCUT2D eigenvalue weighted by Gasteiger charge is -2.19. The predicted molar refractivity (Wildman–Crippen MR) is 78.6 cm³/mol. The van der Waals surface area contributed by atoms with Gasteiger partial charge >= 0.3 is 0 Å². The van der Waals surface area contributed by atoms with E-state index in [2.05, 4.69) is 37.9 Å². The van der Waals surface area contributed by atoms with Crippen molar-refractivity contribution in [2.24, 2.45) is 0 Å². The molecular weight excluding hydrogens is 236 g/mol. The zero-order valence-corrected chi connectivity index (χ0v) is 11.9. The standard InChI is InChI=1S/C16H20N2O/c1-11-8-13(17)10-18-15(11)19-14-7-5-6-12(9-14)16(2,3)4/h5-10H,17H2,1-4H3. The average molecular weight is 256 g/mol. The predicted octanol–water partition coefficient (Wildman–Crippen LogP) is 4.06. The number of nitrogens with zero attached hydrogens (tertiary/aromatic N) is 1. The van der Waals surface area contributed by atoms with Gasteiger partial charge in [0.15, 0.2) is 0 Å². The first-order valence-corrected chi connectivity index (χ1v) is 6.37. The third kappa shape index (κ3) is 3.25. The number of nitrogens with two attached hydrogens (primary N) is 1. The van der Waals surface area contributed by atoms with Crippen LogP contribution in [0.4, 0.5) is 5.69 Å². The maximum absolute atomic E-state index is 5.83. The molecule has 2 rings (SSSR count). The number of hydrogen-bond donors (Lipinski definition) is 1. The summed E-state index contributed by atoms with van der Waals surface area (Å²) in [4.78, 5) is 4.22. The molecule has 1 heterocycles. The van der Waals surface area contributed by atoms with Gasteiger partial charge in [-0.05, 0) is 36.1 Å². The quantitative estimate of drug-likeness (QED) is 0.881. The molecule has 3 nitrogen and oxygen atoms in total. The van der Waals surface area contributed by atoms with E-state index in [1.807, 2.05) is 25.1 Å². The molecule has 2 N–H and O–H groups in total. The molecular formula is C16H20N2O. The van der Waals surface area contributed by atoms with E-state index in [0.29, 0.717) is 11.6 Å². The molecule has 0 saturated heterocycles. The molecule has 3 heteroatoms. The summed E-state index contributed by atoms with van der Waals surface area (Å²) in [5.41, 5.74) is 8.60. The molecule has 1 aromatic carbocycles. The molecule has 0 radical (unpaired) electrons. The molecule has 19 heavy (non-hydrogen) atoms. The SMILES string of the molecule is Cc1cc(N)cnc1Oc1cccc(C(C)(C)C)c1. The Morgan fingerprint density at radius 1 is 1.16 bits per heavy atom. The van der Waals surface area contributed by atoms with Crippen molar-refractivity contribution in [3.05, 3.63) is 47.7 Å². The maximum atomic E-state index is 5.83. The first-order chi connectivity index (χ1) is 8.86. The van der Waals surface area contributed by atoms with Crippen LogP contribution < -0.4 is 10.5 Å². The van der Waals surface area contributed by atoms with Gasteiger partial charge in [-0.2, -0.15) is 0 Å². The lowest BCUT2D eigenvalue weighted by atomic mass is 9.87. The molecule has 0 bridgehead atoms. The van der Waals surface area contributed by atoms with Gasteiger partial charge in [-0.15, -0.1) is 0 Å². The number of ether oxygens (including phenoxy) is 1. The Kier molecular flexibility index (Phi) is 3.47. The molecule has 0 aliphatic heterocycles. The van der Waals surface area contributed by atoms with Crippen molar-refractivity contribution in [2.75, 3.05) is 5.73 Å². The van der Waals surface area contributed by atoms with E-state index in [4.69, 9.17) is 10.5 Å². The molecule has 2 aromatic rings. The molecule has 0 aliphatic carbocycles. The van der Waals surface area contributed by atoms with Crippen LogP contribution in [0.15, 0.2) is 36.5 Å². The molecule has 0 aliphatic rings. The fourth-order valence-electron chi connectivity index (χ4n) is 1.83. The van der Waals surface area contributed by atoms with Crippen LogP contribution >= 0.6 is 0 Å². The van der Waals surface area contributed by atoms with Crippen LogP contribution in [0.3, 0.4) is 0 Å². The van der Waals surface area contributed by atoms with Crippen molar-refractivity contribution in [2.45, 2.75) is 33.1 Å². The van der Waals surface area contributed by atoms with Gasteiger partial charge in [0, 0.05) is 5.56 Å². The minimum Gasteiger partial charge on any atom is -0.439 e. The fraction of sp³-hybridized carbons (Fsp3) is 0.312. The highest BCUT2D eigenvalue weighted by Crippen LogP contribution is 2.29. The zero-order chi connectivity index (χ0) is 14.0. The van der Waals surface area contributed by atoms with Crippen molar-refractivity contribution in [1.29, 1.82) is 0 Å². The van der Waals surface area contributed by atoms with Crippen molar-refractivity contribution < 1.29 is 4.74 Å². The number of nitrogen functional groups attached to an aromatic ring is 1. The third-order valence-electron chi connectivity index (χ3n) is 2.97. The Bertz CT molecular complexity index is 586. The summed E-state index contributed by atoms with van der Waals surface area (Å²) < 4.78 is 5.83. The molecule has 100 valence electrons. The van der Waals surface area contributed by atoms with E-state index in [1.165, 1.54) is 5.56 Å². The number of benzene rings is 1. The Labute approximate surface area is 114 Å². The van der Waals surface area contributed by atoms with E-state index in [9.17, 15) is 0 Å². The van der Waals surface area contributed by atoms with Crippen molar-refractivity contribution >= 4 is 5.69 Å². The highest BCUT2D eigenvalue weighted by Gasteiger charge is 2.14. The summed E-state index contributed by atoms with van der Waals surface area (Å²) in [5, 5.41) is 0. The number of pyridine rings is 1. The van der Waals surface area contributed by atoms with Crippen LogP contribution in [0.25, 0.3) is 0 Å². The number of aryl methyl sites for hydroxylation is 1. The summed E-state index contributed by atoms with van der Waals surface area (Å²) in [5.74, 6) is 1.40. The molecule has 0 fully saturated rings. The second kappa shape index (κ2) is 4.92. The van der Waals surface area contributed by atoms with Gasteiger partial charge in [0.05, 0.1) is 11.9 Å². The van der Waals surface area contributed by atoms with Gasteiger partial charge in [-0.1, -0.05) is 32.9 Å². The monoisotopic (exact) mass is 256 g/mol. The highest BCUT2D eigenvalue weighted by atomic mass is 16.5. The summed E-state index contributed by atoms with van der Waals surface area (Å²) >= 11 is 0. The molecule has 1 aromatic heterocycles. The summed E-state index contributed by atoms with van der Waals surface area (Å²) in [7, 11) is 0. The van der Waals surface area contributed by atoms with Gasteiger partial charge in [0.2, 0.25) is 5.88 Å². The second-order valence-corrected chi connectivity index (χ2v) is 5.77. The van der Waals surface area contributed by atoms with Crippen LogP contribution in [-0.4, -0.2) is 4.98 Å². The number of anilines is 1. The van der Waals surface area contributed by atoms with Crippen molar-refractivity contribution in [3.8, 4) is 11.6 Å². The largest absolute Gasteiger partial charge is 0.439 e. The lowest BCUT2D eigenvalue weighted by molar-refractivity contribution is 0.456. The van der Waals surface area contributed by atoms with Gasteiger partial charge in [0.1, 0.15) is 5.75 Å². The highest BCUT2D eigenvalue weighted by molar-refractivity contribution is 5.43. The first kappa shape index (κ1) is 13.4. The minimum absolute atomic E-state index is 0.100. The van der Waals surface area contributed by atoms with Crippen LogP contribution in [0.2, 0.25) is 0 Å². The summed E-state index contributed by atoms with van der Waals surface area (Å²) in [6, 6.07) is 9.96. The molecule has 0 saturated carbocycles. The normalized spacial score (nSPS) is 11.4. The van der Waals surface area contributed by atoms with Gasteiger partial charge < -0.3 is 10.5 Å². The Hall–Kier alpha value is -2.03. The second-order valence-electron chi connectivity index (χ2n) is 5.77. The number of hydrogen-bond acceptors (Lipinski definition) is 3. The number of rotatable bonds is 2. The fourth-order valence-corrected chi connectivity index (χ4v) is 1.83. The minimum atomic E-state index is 0.100. The van der Waals surface area contributed by atoms with E-state index < -0.39 is 0 Å². The van der Waals surface area contributed by atoms with E-state index in [-0.39, 0.29) is 5.41 Å². The Morgan fingerprint density at radius 2 is 1.89 bits per heavy atom. The Balaban J connectivity index is 2.29. The topological polar surface area (TPSA) is 48.1 Å². The van der Waals surface area contributed by atoms with Crippen molar-refractivity contribution in [3.63, 3.8) is 0 Å². The van der Waals surface area contributed by atoms with Gasteiger partial charge in [-0.25, -0.2) is 4.98 Å². The van der Waals surface area contributed by atoms with E-state index in [0.717, 1.165) is 11.3 Å². The van der Waals surface area contributed by atoms with Crippen molar-refractivity contribution in [1.82, 2.24) is 4.98 Å². The van der Waals surface area contributed by atoms with Crippen LogP contribution in [0.1, 0.15) is 31.9 Å². The summed E-state index contributed by atoms with van der Waals surface area (Å²) in [6.45, 7) is 8.47. The van der Waals surface area contributed by atoms with Gasteiger partial charge in [-0.3, -0.25) is 0 Å². The number of aromatic nitrogens is 1. The van der Waals surface area contributed by atoms with Crippen LogP contribution in [-0.2, 0) is 5.41 Å². The zero-order valence-electron chi connectivity index (χ0n) is 11.9. The van der Waals surface area contributed by atoms with Crippen LogP contribution in [0, 0.1) is 6.92 Å². The average Bonchev–Trinajstić information content (AvgIpc) is 2.32. The maximum Gasteiger partial charge on any atom is 0.222 e. The van der Waals surface area contributed by atoms with E-state index in [1.54, 1.807) is 6.20 Å². The Morgan fingerprint density at radius 3 is 2.53 bits per heavy atom. The van der Waals surface area contributed by atoms with E-state index >= 15 is 0 Å². The molecule has 0 spiro atoms. The van der Waals surface area contributed by atoms with Gasteiger partial charge in [0.25, 0.3) is 0 Å². The first-order valence-electron chi connectivity index (χ1n) is 6.37. The molecule has 0 amide bonds. The van der Waals surface area contributed by atoms with Crippen LogP contribution in [0.5, 0.6) is 11.6 Å². The third-order valence-corrected chi connectivity index (χ3v) is 2.97. The smallest absolute Gasteiger partial charge is 0.222 e. The lowest BCUT2D eigenvalue weighted by Crippen LogP contribution is -2.10. The molecule has 0 unspecified atom stereocenters.